The van der Waals surface area contributed by atoms with Gasteiger partial charge in [0.25, 0.3) is 0 Å². The maximum absolute atomic E-state index is 12.2. The van der Waals surface area contributed by atoms with Gasteiger partial charge >= 0.3 is 0 Å². The number of sulfonamides is 1. The average molecular weight is 335 g/mol. The molecule has 1 aliphatic heterocycles. The summed E-state index contributed by atoms with van der Waals surface area (Å²) in [7, 11) is -3.62. The lowest BCUT2D eigenvalue weighted by Gasteiger charge is -2.20. The molecular weight excluding hydrogens is 314 g/mol. The van der Waals surface area contributed by atoms with Gasteiger partial charge in [0, 0.05) is 26.1 Å². The molecule has 124 valence electrons. The van der Waals surface area contributed by atoms with Crippen molar-refractivity contribution < 1.29 is 13.2 Å². The van der Waals surface area contributed by atoms with Crippen molar-refractivity contribution in [3.8, 4) is 6.07 Å². The molecule has 1 aromatic carbocycles. The van der Waals surface area contributed by atoms with Crippen molar-refractivity contribution in [3.05, 3.63) is 29.8 Å². The van der Waals surface area contributed by atoms with Gasteiger partial charge in [-0.2, -0.15) is 5.26 Å². The molecule has 0 bridgehead atoms. The van der Waals surface area contributed by atoms with E-state index < -0.39 is 10.0 Å². The third kappa shape index (κ3) is 5.05. The first-order valence-corrected chi connectivity index (χ1v) is 9.29. The summed E-state index contributed by atoms with van der Waals surface area (Å²) in [4.78, 5) is 13.8. The van der Waals surface area contributed by atoms with Crippen LogP contribution in [0.25, 0.3) is 0 Å². The van der Waals surface area contributed by atoms with Crippen LogP contribution >= 0.6 is 0 Å². The molecule has 1 amide bonds. The fourth-order valence-corrected chi connectivity index (χ4v) is 3.69. The van der Waals surface area contributed by atoms with Crippen LogP contribution in [0.3, 0.4) is 0 Å². The lowest BCUT2D eigenvalue weighted by molar-refractivity contribution is -0.130. The van der Waals surface area contributed by atoms with E-state index in [1.807, 2.05) is 11.0 Å². The molecule has 0 unspecified atom stereocenters. The molecule has 1 N–H and O–H groups in total. The van der Waals surface area contributed by atoms with Gasteiger partial charge in [-0.15, -0.1) is 0 Å². The van der Waals surface area contributed by atoms with Gasteiger partial charge in [-0.1, -0.05) is 12.5 Å². The van der Waals surface area contributed by atoms with Crippen LogP contribution in [0.15, 0.2) is 29.2 Å². The van der Waals surface area contributed by atoms with E-state index in [9.17, 15) is 13.2 Å². The van der Waals surface area contributed by atoms with Crippen molar-refractivity contribution in [2.75, 3.05) is 19.6 Å². The zero-order chi connectivity index (χ0) is 16.7. The molecule has 0 atom stereocenters. The van der Waals surface area contributed by atoms with Crippen LogP contribution in [-0.2, 0) is 14.8 Å². The molecule has 1 aliphatic rings. The van der Waals surface area contributed by atoms with E-state index in [4.69, 9.17) is 5.26 Å². The van der Waals surface area contributed by atoms with E-state index in [0.717, 1.165) is 25.8 Å². The Bertz CT molecular complexity index is 695. The number of nitriles is 1. The largest absolute Gasteiger partial charge is 0.343 e. The highest BCUT2D eigenvalue weighted by atomic mass is 32.2. The molecular formula is C16H21N3O3S. The summed E-state index contributed by atoms with van der Waals surface area (Å²) in [6.07, 6.45) is 4.19. The first-order valence-electron chi connectivity index (χ1n) is 7.80. The van der Waals surface area contributed by atoms with Crippen LogP contribution in [-0.4, -0.2) is 38.9 Å². The van der Waals surface area contributed by atoms with E-state index in [0.29, 0.717) is 24.9 Å². The fraction of sp³-hybridized carbons (Fsp3) is 0.500. The fourth-order valence-electron chi connectivity index (χ4n) is 2.57. The summed E-state index contributed by atoms with van der Waals surface area (Å²) in [5.74, 6) is 0.159. The molecule has 1 saturated heterocycles. The normalized spacial score (nSPS) is 16.0. The van der Waals surface area contributed by atoms with E-state index in [1.54, 1.807) is 12.1 Å². The summed E-state index contributed by atoms with van der Waals surface area (Å²) in [6.45, 7) is 1.60. The van der Waals surface area contributed by atoms with Crippen LogP contribution < -0.4 is 4.72 Å². The van der Waals surface area contributed by atoms with Gasteiger partial charge in [-0.3, -0.25) is 4.79 Å². The quantitative estimate of drug-likeness (QED) is 0.800. The monoisotopic (exact) mass is 335 g/mol. The zero-order valence-electron chi connectivity index (χ0n) is 13.0. The van der Waals surface area contributed by atoms with Crippen molar-refractivity contribution in [2.45, 2.75) is 37.0 Å². The van der Waals surface area contributed by atoms with Crippen molar-refractivity contribution in [1.29, 1.82) is 5.26 Å². The second-order valence-corrected chi connectivity index (χ2v) is 7.35. The number of benzene rings is 1. The lowest BCUT2D eigenvalue weighted by atomic mass is 10.2. The minimum absolute atomic E-state index is 0.0856. The first kappa shape index (κ1) is 17.4. The molecule has 1 fully saturated rings. The molecule has 0 aliphatic carbocycles. The van der Waals surface area contributed by atoms with Gasteiger partial charge in [0.05, 0.1) is 16.5 Å². The number of hydrogen-bond donors (Lipinski definition) is 1. The first-order chi connectivity index (χ1) is 11.0. The smallest absolute Gasteiger partial charge is 0.240 e. The number of likely N-dealkylation sites (tertiary alicyclic amines) is 1. The van der Waals surface area contributed by atoms with Crippen molar-refractivity contribution >= 4 is 15.9 Å². The zero-order valence-corrected chi connectivity index (χ0v) is 13.8. The number of amides is 1. The molecule has 7 heteroatoms. The molecule has 0 radical (unpaired) electrons. The topological polar surface area (TPSA) is 90.3 Å². The Morgan fingerprint density at radius 3 is 2.87 bits per heavy atom. The third-order valence-corrected chi connectivity index (χ3v) is 5.30. The maximum Gasteiger partial charge on any atom is 0.240 e. The number of carbonyl (C=O) groups is 1. The van der Waals surface area contributed by atoms with Crippen LogP contribution in [0, 0.1) is 11.3 Å². The van der Waals surface area contributed by atoms with Crippen molar-refractivity contribution in [3.63, 3.8) is 0 Å². The minimum atomic E-state index is -3.62. The molecule has 1 aromatic rings. The summed E-state index contributed by atoms with van der Waals surface area (Å²) in [5.41, 5.74) is 0.308. The van der Waals surface area contributed by atoms with Crippen LogP contribution in [0.5, 0.6) is 0 Å². The predicted molar refractivity (Wildman–Crippen MR) is 86.0 cm³/mol. The number of rotatable bonds is 6. The maximum atomic E-state index is 12.2. The highest BCUT2D eigenvalue weighted by Gasteiger charge is 2.17. The second-order valence-electron chi connectivity index (χ2n) is 5.58. The Balaban J connectivity index is 1.85. The third-order valence-electron chi connectivity index (χ3n) is 3.84. The minimum Gasteiger partial charge on any atom is -0.343 e. The van der Waals surface area contributed by atoms with Crippen LogP contribution in [0.2, 0.25) is 0 Å². The summed E-state index contributed by atoms with van der Waals surface area (Å²) in [5, 5.41) is 8.83. The van der Waals surface area contributed by atoms with Crippen LogP contribution in [0.1, 0.15) is 37.7 Å². The van der Waals surface area contributed by atoms with E-state index in [2.05, 4.69) is 4.72 Å². The lowest BCUT2D eigenvalue weighted by Crippen LogP contribution is -2.34. The SMILES string of the molecule is N#Cc1cccc(S(=O)(=O)NCCCN2CCCCCC2=O)c1. The number of nitrogens with one attached hydrogen (secondary N) is 1. The highest BCUT2D eigenvalue weighted by Crippen LogP contribution is 2.12. The molecule has 1 heterocycles. The van der Waals surface area contributed by atoms with E-state index in [-0.39, 0.29) is 17.3 Å². The molecule has 0 spiro atoms. The second kappa shape index (κ2) is 8.09. The number of carbonyl (C=O) groups excluding carboxylic acids is 1. The van der Waals surface area contributed by atoms with Gasteiger partial charge in [-0.05, 0) is 37.5 Å². The van der Waals surface area contributed by atoms with Crippen molar-refractivity contribution in [1.82, 2.24) is 9.62 Å². The van der Waals surface area contributed by atoms with Gasteiger partial charge in [0.1, 0.15) is 0 Å². The Labute approximate surface area is 137 Å². The Kier molecular flexibility index (Phi) is 6.13. The highest BCUT2D eigenvalue weighted by molar-refractivity contribution is 7.89. The Morgan fingerprint density at radius 1 is 1.26 bits per heavy atom. The number of nitrogens with zero attached hydrogens (tertiary/aromatic N) is 2. The Morgan fingerprint density at radius 2 is 2.09 bits per heavy atom. The van der Waals surface area contributed by atoms with Gasteiger partial charge < -0.3 is 4.90 Å². The standard InChI is InChI=1S/C16H21N3O3S/c17-13-14-6-4-7-15(12-14)23(21,22)18-9-5-11-19-10-3-1-2-8-16(19)20/h4,6-7,12,18H,1-3,5,8-11H2. The van der Waals surface area contributed by atoms with Gasteiger partial charge in [0.2, 0.25) is 15.9 Å². The van der Waals surface area contributed by atoms with E-state index in [1.165, 1.54) is 12.1 Å². The Hall–Kier alpha value is -1.91. The van der Waals surface area contributed by atoms with Crippen molar-refractivity contribution in [2.24, 2.45) is 0 Å². The molecule has 0 saturated carbocycles. The molecule has 2 rings (SSSR count). The summed E-state index contributed by atoms with van der Waals surface area (Å²) >= 11 is 0. The van der Waals surface area contributed by atoms with Gasteiger partial charge in [0.15, 0.2) is 0 Å². The molecule has 23 heavy (non-hydrogen) atoms. The number of hydrogen-bond acceptors (Lipinski definition) is 4. The summed E-state index contributed by atoms with van der Waals surface area (Å²) < 4.78 is 26.9. The average Bonchev–Trinajstić information content (AvgIpc) is 2.76. The molecule has 0 aromatic heterocycles. The van der Waals surface area contributed by atoms with Crippen LogP contribution in [0.4, 0.5) is 0 Å². The molecule has 6 nitrogen and oxygen atoms in total. The van der Waals surface area contributed by atoms with Gasteiger partial charge in [-0.25, -0.2) is 13.1 Å². The summed E-state index contributed by atoms with van der Waals surface area (Å²) in [6, 6.07) is 7.84. The predicted octanol–water partition coefficient (Wildman–Crippen LogP) is 1.63. The van der Waals surface area contributed by atoms with E-state index >= 15 is 0 Å².